The third-order valence-corrected chi connectivity index (χ3v) is 7.93. The second-order valence-electron chi connectivity index (χ2n) is 9.53. The van der Waals surface area contributed by atoms with Gasteiger partial charge in [-0.1, -0.05) is 53.0 Å². The zero-order valence-electron chi connectivity index (χ0n) is 19.5. The third-order valence-electron chi connectivity index (χ3n) is 7.19. The SMILES string of the molecule is Cc1ccc2c(c1)C1(CCN(Cc3ccc(C#N)cc3)CC1)CN2C(=O)Nc1ccc(Cl)c(Cl)c1. The Morgan fingerprint density at radius 1 is 1.03 bits per heavy atom. The summed E-state index contributed by atoms with van der Waals surface area (Å²) in [5.41, 5.74) is 5.91. The lowest BCUT2D eigenvalue weighted by atomic mass is 9.74. The number of piperidine rings is 1. The Balaban J connectivity index is 1.33. The van der Waals surface area contributed by atoms with Crippen molar-refractivity contribution >= 4 is 40.6 Å². The van der Waals surface area contributed by atoms with Crippen LogP contribution in [0.4, 0.5) is 16.2 Å². The van der Waals surface area contributed by atoms with Crippen molar-refractivity contribution < 1.29 is 4.79 Å². The fraction of sp³-hybridized carbons (Fsp3) is 0.286. The van der Waals surface area contributed by atoms with Gasteiger partial charge in [0.05, 0.1) is 21.7 Å². The number of amides is 2. The van der Waals surface area contributed by atoms with Crippen LogP contribution in [0, 0.1) is 18.3 Å². The maximum absolute atomic E-state index is 13.3. The molecule has 0 unspecified atom stereocenters. The van der Waals surface area contributed by atoms with E-state index in [4.69, 9.17) is 28.5 Å². The molecule has 0 saturated carbocycles. The van der Waals surface area contributed by atoms with Crippen molar-refractivity contribution in [1.82, 2.24) is 4.90 Å². The molecule has 7 heteroatoms. The highest BCUT2D eigenvalue weighted by Crippen LogP contribution is 2.47. The molecule has 2 amide bonds. The zero-order chi connectivity index (χ0) is 24.6. The van der Waals surface area contributed by atoms with Gasteiger partial charge in [-0.3, -0.25) is 9.80 Å². The Morgan fingerprint density at radius 2 is 1.77 bits per heavy atom. The number of benzene rings is 3. The number of nitrogens with one attached hydrogen (secondary N) is 1. The fourth-order valence-corrected chi connectivity index (χ4v) is 5.54. The van der Waals surface area contributed by atoms with Gasteiger partial charge < -0.3 is 5.32 Å². The van der Waals surface area contributed by atoms with Gasteiger partial charge in [-0.15, -0.1) is 0 Å². The molecular weight excluding hydrogens is 479 g/mol. The summed E-state index contributed by atoms with van der Waals surface area (Å²) < 4.78 is 0. The summed E-state index contributed by atoms with van der Waals surface area (Å²) in [6, 6.07) is 21.3. The Hall–Kier alpha value is -3.04. The van der Waals surface area contributed by atoms with Crippen LogP contribution in [0.2, 0.25) is 10.0 Å². The first-order valence-electron chi connectivity index (χ1n) is 11.7. The molecule has 0 radical (unpaired) electrons. The third kappa shape index (κ3) is 4.75. The number of anilines is 2. The molecular formula is C28H26Cl2N4O. The van der Waals surface area contributed by atoms with Gasteiger partial charge in [0.1, 0.15) is 0 Å². The van der Waals surface area contributed by atoms with E-state index < -0.39 is 0 Å². The Labute approximate surface area is 215 Å². The van der Waals surface area contributed by atoms with Crippen molar-refractivity contribution in [2.24, 2.45) is 0 Å². The summed E-state index contributed by atoms with van der Waals surface area (Å²) in [4.78, 5) is 17.7. The van der Waals surface area contributed by atoms with Gasteiger partial charge in [-0.2, -0.15) is 5.26 Å². The molecule has 1 N–H and O–H groups in total. The number of nitriles is 1. The number of rotatable bonds is 3. The highest BCUT2D eigenvalue weighted by molar-refractivity contribution is 6.42. The van der Waals surface area contributed by atoms with Gasteiger partial charge >= 0.3 is 6.03 Å². The van der Waals surface area contributed by atoms with Crippen molar-refractivity contribution in [3.8, 4) is 6.07 Å². The summed E-state index contributed by atoms with van der Waals surface area (Å²) in [5, 5.41) is 12.9. The fourth-order valence-electron chi connectivity index (χ4n) is 5.24. The number of fused-ring (bicyclic) bond motifs is 2. The molecule has 3 aromatic rings. The largest absolute Gasteiger partial charge is 0.326 e. The smallest absolute Gasteiger partial charge is 0.307 e. The molecule has 1 spiro atoms. The molecule has 35 heavy (non-hydrogen) atoms. The molecule has 0 bridgehead atoms. The standard InChI is InChI=1S/C28H26Cl2N4O/c1-19-2-9-26-23(14-19)28(18-34(26)27(35)32-22-7-8-24(29)25(30)15-22)10-12-33(13-11-28)17-21-5-3-20(16-31)4-6-21/h2-9,14-15H,10-13,17-18H2,1H3,(H,32,35). The predicted molar refractivity (Wildman–Crippen MR) is 141 cm³/mol. The van der Waals surface area contributed by atoms with Crippen LogP contribution < -0.4 is 10.2 Å². The predicted octanol–water partition coefficient (Wildman–Crippen LogP) is 6.76. The lowest BCUT2D eigenvalue weighted by molar-refractivity contribution is 0.160. The van der Waals surface area contributed by atoms with Gasteiger partial charge in [0.2, 0.25) is 0 Å². The van der Waals surface area contributed by atoms with Crippen molar-refractivity contribution in [1.29, 1.82) is 5.26 Å². The van der Waals surface area contributed by atoms with Crippen LogP contribution in [0.15, 0.2) is 60.7 Å². The molecule has 0 atom stereocenters. The average molecular weight is 505 g/mol. The highest BCUT2D eigenvalue weighted by Gasteiger charge is 2.46. The van der Waals surface area contributed by atoms with Gasteiger partial charge in [0, 0.05) is 29.9 Å². The van der Waals surface area contributed by atoms with Crippen LogP contribution in [-0.4, -0.2) is 30.6 Å². The number of urea groups is 1. The van der Waals surface area contributed by atoms with Gasteiger partial charge in [-0.25, -0.2) is 4.79 Å². The first-order valence-corrected chi connectivity index (χ1v) is 12.5. The topological polar surface area (TPSA) is 59.4 Å². The van der Waals surface area contributed by atoms with E-state index in [0.717, 1.165) is 38.2 Å². The second-order valence-corrected chi connectivity index (χ2v) is 10.3. The number of likely N-dealkylation sites (tertiary alicyclic amines) is 1. The maximum atomic E-state index is 13.3. The summed E-state index contributed by atoms with van der Waals surface area (Å²) >= 11 is 12.2. The average Bonchev–Trinajstić information content (AvgIpc) is 3.17. The van der Waals surface area contributed by atoms with Crippen LogP contribution in [0.3, 0.4) is 0 Å². The first-order chi connectivity index (χ1) is 16.9. The molecule has 1 saturated heterocycles. The number of hydrogen-bond donors (Lipinski definition) is 1. The summed E-state index contributed by atoms with van der Waals surface area (Å²) in [6.45, 7) is 5.53. The number of carbonyl (C=O) groups is 1. The van der Waals surface area contributed by atoms with E-state index in [1.165, 1.54) is 16.7 Å². The zero-order valence-corrected chi connectivity index (χ0v) is 21.0. The van der Waals surface area contributed by atoms with Crippen LogP contribution in [-0.2, 0) is 12.0 Å². The number of aryl methyl sites for hydroxylation is 1. The Morgan fingerprint density at radius 3 is 2.46 bits per heavy atom. The molecule has 2 aliphatic rings. The van der Waals surface area contributed by atoms with Gasteiger partial charge in [0.25, 0.3) is 0 Å². The lowest BCUT2D eigenvalue weighted by Crippen LogP contribution is -2.46. The van der Waals surface area contributed by atoms with E-state index in [-0.39, 0.29) is 11.4 Å². The van der Waals surface area contributed by atoms with Crippen LogP contribution in [0.5, 0.6) is 0 Å². The van der Waals surface area contributed by atoms with Gasteiger partial charge in [-0.05, 0) is 80.4 Å². The second kappa shape index (κ2) is 9.54. The molecule has 2 heterocycles. The number of carbonyl (C=O) groups excluding carboxylic acids is 1. The minimum Gasteiger partial charge on any atom is -0.307 e. The van der Waals surface area contributed by atoms with Crippen LogP contribution in [0.25, 0.3) is 0 Å². The van der Waals surface area contributed by atoms with Crippen LogP contribution >= 0.6 is 23.2 Å². The number of nitrogens with zero attached hydrogens (tertiary/aromatic N) is 3. The van der Waals surface area contributed by atoms with E-state index in [0.29, 0.717) is 27.8 Å². The Bertz CT molecular complexity index is 1310. The molecule has 5 rings (SSSR count). The molecule has 178 valence electrons. The van der Waals surface area contributed by atoms with E-state index in [1.54, 1.807) is 18.2 Å². The van der Waals surface area contributed by atoms with Crippen molar-refractivity contribution in [2.45, 2.75) is 31.7 Å². The van der Waals surface area contributed by atoms with Gasteiger partial charge in [0.15, 0.2) is 0 Å². The lowest BCUT2D eigenvalue weighted by Gasteiger charge is -2.40. The molecule has 1 fully saturated rings. The molecule has 3 aromatic carbocycles. The molecule has 0 aliphatic carbocycles. The number of hydrogen-bond acceptors (Lipinski definition) is 3. The minimum absolute atomic E-state index is 0.0580. The highest BCUT2D eigenvalue weighted by atomic mass is 35.5. The maximum Gasteiger partial charge on any atom is 0.326 e. The summed E-state index contributed by atoms with van der Waals surface area (Å²) in [6.07, 6.45) is 1.96. The van der Waals surface area contributed by atoms with Crippen LogP contribution in [0.1, 0.15) is 35.1 Å². The summed E-state index contributed by atoms with van der Waals surface area (Å²) in [7, 11) is 0. The first kappa shape index (κ1) is 23.7. The van der Waals surface area contributed by atoms with E-state index in [9.17, 15) is 4.79 Å². The van der Waals surface area contributed by atoms with Crippen molar-refractivity contribution in [3.05, 3.63) is 93.0 Å². The van der Waals surface area contributed by atoms with E-state index >= 15 is 0 Å². The Kier molecular flexibility index (Phi) is 6.46. The molecule has 5 nitrogen and oxygen atoms in total. The summed E-state index contributed by atoms with van der Waals surface area (Å²) in [5.74, 6) is 0. The normalized spacial score (nSPS) is 16.7. The molecule has 0 aromatic heterocycles. The van der Waals surface area contributed by atoms with E-state index in [1.807, 2.05) is 29.2 Å². The minimum atomic E-state index is -0.162. The quantitative estimate of drug-likeness (QED) is 0.428. The molecule has 2 aliphatic heterocycles. The van der Waals surface area contributed by atoms with E-state index in [2.05, 4.69) is 41.4 Å². The number of halogens is 2. The monoisotopic (exact) mass is 504 g/mol. The van der Waals surface area contributed by atoms with Crippen molar-refractivity contribution in [2.75, 3.05) is 29.9 Å². The van der Waals surface area contributed by atoms with Crippen molar-refractivity contribution in [3.63, 3.8) is 0 Å².